The van der Waals surface area contributed by atoms with E-state index in [1.165, 1.54) is 61.5 Å². The van der Waals surface area contributed by atoms with Gasteiger partial charge in [-0.1, -0.05) is 43.9 Å². The van der Waals surface area contributed by atoms with Crippen LogP contribution in [0.4, 0.5) is 5.69 Å². The number of aryl methyl sites for hydroxylation is 2. The summed E-state index contributed by atoms with van der Waals surface area (Å²) in [6.45, 7) is 3.68. The van der Waals surface area contributed by atoms with Gasteiger partial charge in [-0.2, -0.15) is 0 Å². The highest BCUT2D eigenvalue weighted by Crippen LogP contribution is 2.41. The molecule has 1 unspecified atom stereocenters. The number of phenolic OH excluding ortho intramolecular Hbond substituents is 1. The molecule has 0 spiro atoms. The number of ether oxygens (including phenoxy) is 2. The van der Waals surface area contributed by atoms with Gasteiger partial charge in [0.1, 0.15) is 11.4 Å². The minimum absolute atomic E-state index is 0.0265. The van der Waals surface area contributed by atoms with E-state index in [1.54, 1.807) is 12.1 Å². The van der Waals surface area contributed by atoms with Crippen LogP contribution in [-0.2, 0) is 24.1 Å². The van der Waals surface area contributed by atoms with Crippen LogP contribution in [0.3, 0.4) is 0 Å². The molecule has 2 aliphatic rings. The van der Waals surface area contributed by atoms with E-state index in [9.17, 15) is 9.90 Å². The number of hydrogen-bond donors (Lipinski definition) is 3. The highest BCUT2D eigenvalue weighted by Gasteiger charge is 2.34. The molecular weight excluding hydrogens is 514 g/mol. The number of nitrogens with one attached hydrogen (secondary N) is 2. The van der Waals surface area contributed by atoms with Crippen LogP contribution in [0.5, 0.6) is 17.2 Å². The van der Waals surface area contributed by atoms with E-state index in [0.29, 0.717) is 24.5 Å². The number of methoxy groups -OCH3 is 1. The lowest BCUT2D eigenvalue weighted by Crippen LogP contribution is -2.41. The predicted molar refractivity (Wildman–Crippen MR) is 164 cm³/mol. The number of benzene rings is 2. The van der Waals surface area contributed by atoms with Crippen molar-refractivity contribution in [2.75, 3.05) is 25.5 Å². The molecule has 1 aromatic heterocycles. The van der Waals surface area contributed by atoms with E-state index < -0.39 is 5.60 Å². The number of phenols is 1. The van der Waals surface area contributed by atoms with Crippen molar-refractivity contribution >= 4 is 22.5 Å². The Morgan fingerprint density at radius 3 is 2.61 bits per heavy atom. The summed E-state index contributed by atoms with van der Waals surface area (Å²) in [5, 5.41) is 18.1. The Labute approximate surface area is 244 Å². The smallest absolute Gasteiger partial charge is 0.224 e. The van der Waals surface area contributed by atoms with Gasteiger partial charge in [-0.25, -0.2) is 0 Å². The molecule has 1 aliphatic heterocycles. The summed E-state index contributed by atoms with van der Waals surface area (Å²) in [4.78, 5) is 17.6. The molecule has 2 aromatic carbocycles. The number of para-hydroxylation sites is 1. The molecule has 0 bridgehead atoms. The molecule has 7 nitrogen and oxygen atoms in total. The van der Waals surface area contributed by atoms with E-state index in [-0.39, 0.29) is 11.7 Å². The fourth-order valence-corrected chi connectivity index (χ4v) is 6.26. The summed E-state index contributed by atoms with van der Waals surface area (Å²) in [6, 6.07) is 11.9. The number of fused-ring (bicyclic) bond motifs is 3. The molecule has 3 N–H and O–H groups in total. The number of anilines is 1. The van der Waals surface area contributed by atoms with E-state index >= 15 is 0 Å². The Balaban J connectivity index is 0.960. The molecule has 5 rings (SSSR count). The predicted octanol–water partition coefficient (Wildman–Crippen LogP) is 6.87. The number of nitrogens with zero attached hydrogens (tertiary/aromatic N) is 1. The molecule has 0 saturated heterocycles. The van der Waals surface area contributed by atoms with Gasteiger partial charge in [-0.05, 0) is 81.5 Å². The van der Waals surface area contributed by atoms with Gasteiger partial charge in [0.05, 0.1) is 19.0 Å². The molecule has 3 aromatic rings. The SMILES string of the molecule is COc1cc2c(cc1O)CCC(C)(CC(=O)NCCCCCCCCNc1c3c(nc4ccccc14)CCCC3)O2. The fraction of sp³-hybridized carbons (Fsp3) is 0.529. The van der Waals surface area contributed by atoms with Gasteiger partial charge in [-0.15, -0.1) is 0 Å². The highest BCUT2D eigenvalue weighted by molar-refractivity contribution is 5.93. The number of unbranched alkanes of at least 4 members (excludes halogenated alkanes) is 5. The maximum atomic E-state index is 12.6. The number of aromatic nitrogens is 1. The van der Waals surface area contributed by atoms with E-state index in [2.05, 4.69) is 34.9 Å². The lowest BCUT2D eigenvalue weighted by molar-refractivity contribution is -0.125. The summed E-state index contributed by atoms with van der Waals surface area (Å²) >= 11 is 0. The van der Waals surface area contributed by atoms with E-state index in [4.69, 9.17) is 14.5 Å². The van der Waals surface area contributed by atoms with Crippen molar-refractivity contribution in [2.45, 2.75) is 96.0 Å². The molecular formula is C34H45N3O4. The molecule has 1 aliphatic carbocycles. The van der Waals surface area contributed by atoms with Crippen LogP contribution >= 0.6 is 0 Å². The van der Waals surface area contributed by atoms with Gasteiger partial charge in [-0.3, -0.25) is 9.78 Å². The van der Waals surface area contributed by atoms with Crippen LogP contribution in [0.2, 0.25) is 0 Å². The Bertz CT molecular complexity index is 1360. The zero-order valence-electron chi connectivity index (χ0n) is 24.7. The molecule has 220 valence electrons. The first-order valence-electron chi connectivity index (χ1n) is 15.5. The van der Waals surface area contributed by atoms with Gasteiger partial charge in [0, 0.05) is 35.9 Å². The number of aromatic hydroxyl groups is 1. The number of carbonyl (C=O) groups excluding carboxylic acids is 1. The van der Waals surface area contributed by atoms with Gasteiger partial charge in [0.15, 0.2) is 11.5 Å². The monoisotopic (exact) mass is 559 g/mol. The second kappa shape index (κ2) is 13.5. The first-order valence-corrected chi connectivity index (χ1v) is 15.5. The van der Waals surface area contributed by atoms with Crippen LogP contribution < -0.4 is 20.1 Å². The molecule has 7 heteroatoms. The Hall–Kier alpha value is -3.48. The molecule has 0 saturated carbocycles. The third-order valence-corrected chi connectivity index (χ3v) is 8.57. The Morgan fingerprint density at radius 2 is 1.78 bits per heavy atom. The summed E-state index contributed by atoms with van der Waals surface area (Å²) in [5.74, 6) is 1.21. The third-order valence-electron chi connectivity index (χ3n) is 8.57. The molecule has 1 amide bonds. The van der Waals surface area contributed by atoms with Crippen LogP contribution in [-0.4, -0.2) is 41.8 Å². The average Bonchev–Trinajstić information content (AvgIpc) is 2.97. The summed E-state index contributed by atoms with van der Waals surface area (Å²) in [7, 11) is 1.52. The van der Waals surface area contributed by atoms with Crippen molar-refractivity contribution in [3.8, 4) is 17.2 Å². The van der Waals surface area contributed by atoms with Crippen LogP contribution in [0.15, 0.2) is 36.4 Å². The lowest BCUT2D eigenvalue weighted by atomic mass is 9.89. The van der Waals surface area contributed by atoms with Crippen molar-refractivity contribution < 1.29 is 19.4 Å². The minimum atomic E-state index is -0.561. The summed E-state index contributed by atoms with van der Waals surface area (Å²) < 4.78 is 11.4. The van der Waals surface area contributed by atoms with Gasteiger partial charge < -0.3 is 25.2 Å². The van der Waals surface area contributed by atoms with E-state index in [1.807, 2.05) is 6.92 Å². The standard InChI is InChI=1S/C34H45N3O4/c1-34(18-17-24-21-29(38)31(40-2)22-30(24)41-34)23-32(39)35-19-11-5-3-4-6-12-20-36-33-25-13-7-9-15-27(25)37-28-16-10-8-14-26(28)33/h7,9,13,15,21-22,38H,3-6,8,10-12,14,16-20,23H2,1-2H3,(H,35,39)(H,36,37). The third kappa shape index (κ3) is 7.24. The first-order chi connectivity index (χ1) is 20.0. The number of carbonyl (C=O) groups is 1. The van der Waals surface area contributed by atoms with Crippen LogP contribution in [0, 0.1) is 0 Å². The Kier molecular flexibility index (Phi) is 9.53. The minimum Gasteiger partial charge on any atom is -0.504 e. The largest absolute Gasteiger partial charge is 0.504 e. The lowest BCUT2D eigenvalue weighted by Gasteiger charge is -2.35. The second-order valence-electron chi connectivity index (χ2n) is 11.9. The van der Waals surface area contributed by atoms with Gasteiger partial charge in [0.2, 0.25) is 5.91 Å². The molecule has 1 atom stereocenters. The quantitative estimate of drug-likeness (QED) is 0.198. The fourth-order valence-electron chi connectivity index (χ4n) is 6.26. The number of amides is 1. The van der Waals surface area contributed by atoms with E-state index in [0.717, 1.165) is 62.6 Å². The first kappa shape index (κ1) is 29.0. The molecule has 2 heterocycles. The summed E-state index contributed by atoms with van der Waals surface area (Å²) in [6.07, 6.45) is 13.4. The van der Waals surface area contributed by atoms with Crippen molar-refractivity contribution in [1.82, 2.24) is 10.3 Å². The Morgan fingerprint density at radius 1 is 1.02 bits per heavy atom. The van der Waals surface area contributed by atoms with Crippen molar-refractivity contribution in [1.29, 1.82) is 0 Å². The second-order valence-corrected chi connectivity index (χ2v) is 11.9. The molecule has 41 heavy (non-hydrogen) atoms. The zero-order chi connectivity index (χ0) is 28.7. The van der Waals surface area contributed by atoms with Crippen LogP contribution in [0.1, 0.15) is 88.0 Å². The molecule has 0 radical (unpaired) electrons. The number of pyridine rings is 1. The van der Waals surface area contributed by atoms with Crippen molar-refractivity contribution in [3.05, 3.63) is 53.2 Å². The summed E-state index contributed by atoms with van der Waals surface area (Å²) in [5.41, 5.74) is 5.53. The zero-order valence-corrected chi connectivity index (χ0v) is 24.7. The van der Waals surface area contributed by atoms with Gasteiger partial charge >= 0.3 is 0 Å². The highest BCUT2D eigenvalue weighted by atomic mass is 16.5. The van der Waals surface area contributed by atoms with Crippen LogP contribution in [0.25, 0.3) is 10.9 Å². The topological polar surface area (TPSA) is 92.7 Å². The average molecular weight is 560 g/mol. The number of rotatable bonds is 13. The van der Waals surface area contributed by atoms with Gasteiger partial charge in [0.25, 0.3) is 0 Å². The van der Waals surface area contributed by atoms with Crippen molar-refractivity contribution in [2.24, 2.45) is 0 Å². The van der Waals surface area contributed by atoms with Crippen molar-refractivity contribution in [3.63, 3.8) is 0 Å². The maximum absolute atomic E-state index is 12.6. The maximum Gasteiger partial charge on any atom is 0.224 e. The molecule has 0 fully saturated rings. The number of hydrogen-bond acceptors (Lipinski definition) is 6. The normalized spacial score (nSPS) is 17.8.